The molecule has 0 spiro atoms. The van der Waals surface area contributed by atoms with E-state index in [1.165, 1.54) is 10.9 Å². The lowest BCUT2D eigenvalue weighted by Crippen LogP contribution is -2.38. The number of nitrogens with two attached hydrogens (primary N) is 1. The zero-order chi connectivity index (χ0) is 18.3. The van der Waals surface area contributed by atoms with Crippen LogP contribution in [0.15, 0.2) is 27.5 Å². The fourth-order valence-corrected chi connectivity index (χ4v) is 4.57. The van der Waals surface area contributed by atoms with Crippen LogP contribution in [0, 0.1) is 0 Å². The van der Waals surface area contributed by atoms with E-state index >= 15 is 0 Å². The number of nitrogens with one attached hydrogen (secondary N) is 2. The number of aromatic nitrogens is 1. The summed E-state index contributed by atoms with van der Waals surface area (Å²) in [6.07, 6.45) is 3.78. The molecule has 0 atom stereocenters. The van der Waals surface area contributed by atoms with E-state index in [0.717, 1.165) is 47.2 Å². The lowest BCUT2D eigenvalue weighted by molar-refractivity contribution is 0.600. The molecule has 0 aliphatic heterocycles. The molecular weight excluding hydrogens is 378 g/mol. The van der Waals surface area contributed by atoms with Crippen LogP contribution in [0.2, 0.25) is 0 Å². The molecule has 0 bridgehead atoms. The number of hydrogen-bond donors (Lipinski definition) is 3. The average molecular weight is 402 g/mol. The van der Waals surface area contributed by atoms with Gasteiger partial charge in [0.2, 0.25) is 10.0 Å². The van der Waals surface area contributed by atoms with E-state index in [0.29, 0.717) is 12.5 Å². The van der Waals surface area contributed by atoms with Gasteiger partial charge in [-0.15, -0.1) is 22.7 Å². The van der Waals surface area contributed by atoms with Crippen molar-refractivity contribution in [2.24, 2.45) is 10.1 Å². The first-order valence-electron chi connectivity index (χ1n) is 7.99. The molecule has 0 unspecified atom stereocenters. The topological polar surface area (TPSA) is 109 Å². The minimum Gasteiger partial charge on any atom is -0.357 e. The zero-order valence-corrected chi connectivity index (χ0v) is 16.7. The molecule has 2 heterocycles. The van der Waals surface area contributed by atoms with Gasteiger partial charge in [0.05, 0.1) is 11.6 Å². The number of aliphatic imine (C=N–C) groups is 1. The largest absolute Gasteiger partial charge is 0.357 e. The van der Waals surface area contributed by atoms with Crippen LogP contribution in [0.4, 0.5) is 0 Å². The molecule has 0 aliphatic carbocycles. The van der Waals surface area contributed by atoms with Gasteiger partial charge in [-0.1, -0.05) is 6.92 Å². The third-order valence-corrected chi connectivity index (χ3v) is 6.95. The Morgan fingerprint density at radius 3 is 2.64 bits per heavy atom. The van der Waals surface area contributed by atoms with E-state index in [1.54, 1.807) is 17.4 Å². The summed E-state index contributed by atoms with van der Waals surface area (Å²) in [6, 6.07) is 3.25. The van der Waals surface area contributed by atoms with Gasteiger partial charge in [-0.3, -0.25) is 0 Å². The van der Waals surface area contributed by atoms with E-state index in [-0.39, 0.29) is 4.21 Å². The molecule has 4 N–H and O–H groups in total. The minimum absolute atomic E-state index is 0.158. The van der Waals surface area contributed by atoms with E-state index in [9.17, 15) is 8.42 Å². The molecule has 138 valence electrons. The smallest absolute Gasteiger partial charge is 0.247 e. The van der Waals surface area contributed by atoms with E-state index < -0.39 is 10.0 Å². The zero-order valence-electron chi connectivity index (χ0n) is 14.3. The first-order valence-corrected chi connectivity index (χ1v) is 11.2. The Labute approximate surface area is 156 Å². The summed E-state index contributed by atoms with van der Waals surface area (Å²) in [7, 11) is -3.64. The third kappa shape index (κ3) is 6.38. The second kappa shape index (κ2) is 9.27. The number of sulfonamides is 1. The molecule has 10 heteroatoms. The van der Waals surface area contributed by atoms with Gasteiger partial charge in [0.25, 0.3) is 0 Å². The fraction of sp³-hybridized carbons (Fsp3) is 0.467. The van der Waals surface area contributed by atoms with Gasteiger partial charge in [0.15, 0.2) is 5.96 Å². The molecule has 0 fully saturated rings. The summed E-state index contributed by atoms with van der Waals surface area (Å²) in [4.78, 5) is 11.0. The number of rotatable bonds is 8. The van der Waals surface area contributed by atoms with E-state index in [2.05, 4.69) is 27.5 Å². The third-order valence-electron chi connectivity index (χ3n) is 3.24. The highest BCUT2D eigenvalue weighted by atomic mass is 32.2. The minimum atomic E-state index is -3.64. The molecule has 0 saturated heterocycles. The van der Waals surface area contributed by atoms with Crippen LogP contribution in [0.1, 0.15) is 28.6 Å². The predicted octanol–water partition coefficient (Wildman–Crippen LogP) is 1.71. The molecule has 0 aliphatic rings. The maximum absolute atomic E-state index is 11.3. The van der Waals surface area contributed by atoms with Crippen molar-refractivity contribution in [3.8, 4) is 0 Å². The summed E-state index contributed by atoms with van der Waals surface area (Å²) in [5.74, 6) is 0.695. The Morgan fingerprint density at radius 2 is 2.04 bits per heavy atom. The number of hydrogen-bond acceptors (Lipinski definition) is 6. The Bertz CT molecular complexity index is 811. The predicted molar refractivity (Wildman–Crippen MR) is 104 cm³/mol. The van der Waals surface area contributed by atoms with Gasteiger partial charge in [-0.05, 0) is 25.5 Å². The van der Waals surface area contributed by atoms with Gasteiger partial charge in [-0.25, -0.2) is 23.5 Å². The number of thiazole rings is 1. The second-order valence-corrected chi connectivity index (χ2v) is 9.37. The van der Waals surface area contributed by atoms with Crippen LogP contribution >= 0.6 is 22.7 Å². The quantitative estimate of drug-likeness (QED) is 0.461. The number of aryl methyl sites for hydroxylation is 1. The van der Waals surface area contributed by atoms with Crippen molar-refractivity contribution in [3.63, 3.8) is 0 Å². The molecule has 25 heavy (non-hydrogen) atoms. The summed E-state index contributed by atoms with van der Waals surface area (Å²) in [5, 5.41) is 12.7. The average Bonchev–Trinajstić information content (AvgIpc) is 3.21. The monoisotopic (exact) mass is 401 g/mol. The van der Waals surface area contributed by atoms with Crippen LogP contribution in [0.5, 0.6) is 0 Å². The second-order valence-electron chi connectivity index (χ2n) is 5.21. The van der Waals surface area contributed by atoms with Gasteiger partial charge >= 0.3 is 0 Å². The van der Waals surface area contributed by atoms with Crippen molar-refractivity contribution >= 4 is 38.7 Å². The highest BCUT2D eigenvalue weighted by Gasteiger charge is 2.11. The Kier molecular flexibility index (Phi) is 7.36. The number of thiophene rings is 1. The molecule has 0 radical (unpaired) electrons. The molecule has 2 rings (SSSR count). The van der Waals surface area contributed by atoms with Crippen LogP contribution in [-0.4, -0.2) is 32.5 Å². The number of nitrogens with zero attached hydrogens (tertiary/aromatic N) is 2. The van der Waals surface area contributed by atoms with Crippen LogP contribution in [-0.2, 0) is 29.4 Å². The standard InChI is InChI=1S/C15H23N5O2S3/c1-3-11-9-19-13(23-11)7-8-18-15(17-4-2)20-10-12-5-6-14(24-12)25(16,21)22/h5-6,9H,3-4,7-8,10H2,1-2H3,(H2,16,21,22)(H2,17,18,20). The summed E-state index contributed by atoms with van der Waals surface area (Å²) in [6.45, 7) is 5.99. The van der Waals surface area contributed by atoms with Gasteiger partial charge in [0, 0.05) is 35.5 Å². The number of guanidine groups is 1. The van der Waals surface area contributed by atoms with Crippen molar-refractivity contribution in [1.82, 2.24) is 15.6 Å². The summed E-state index contributed by atoms with van der Waals surface area (Å²) < 4.78 is 22.8. The van der Waals surface area contributed by atoms with Crippen molar-refractivity contribution in [2.45, 2.75) is 37.4 Å². The van der Waals surface area contributed by atoms with Crippen molar-refractivity contribution in [1.29, 1.82) is 0 Å². The van der Waals surface area contributed by atoms with Gasteiger partial charge < -0.3 is 10.6 Å². The summed E-state index contributed by atoms with van der Waals surface area (Å²) in [5.41, 5.74) is 0. The van der Waals surface area contributed by atoms with Crippen LogP contribution < -0.4 is 15.8 Å². The lowest BCUT2D eigenvalue weighted by Gasteiger charge is -2.10. The molecular formula is C15H23N5O2S3. The van der Waals surface area contributed by atoms with E-state index in [4.69, 9.17) is 5.14 Å². The molecule has 0 saturated carbocycles. The van der Waals surface area contributed by atoms with Gasteiger partial charge in [0.1, 0.15) is 4.21 Å². The van der Waals surface area contributed by atoms with Gasteiger partial charge in [-0.2, -0.15) is 0 Å². The van der Waals surface area contributed by atoms with E-state index in [1.807, 2.05) is 13.1 Å². The Hall–Kier alpha value is -1.49. The molecule has 2 aromatic heterocycles. The Morgan fingerprint density at radius 1 is 1.24 bits per heavy atom. The maximum Gasteiger partial charge on any atom is 0.247 e. The first-order chi connectivity index (χ1) is 11.9. The molecule has 2 aromatic rings. The van der Waals surface area contributed by atoms with Crippen LogP contribution in [0.3, 0.4) is 0 Å². The maximum atomic E-state index is 11.3. The first kappa shape index (κ1) is 19.8. The van der Waals surface area contributed by atoms with Crippen LogP contribution in [0.25, 0.3) is 0 Å². The van der Waals surface area contributed by atoms with Crippen molar-refractivity contribution in [2.75, 3.05) is 13.1 Å². The van der Waals surface area contributed by atoms with Crippen molar-refractivity contribution < 1.29 is 8.42 Å². The highest BCUT2D eigenvalue weighted by molar-refractivity contribution is 7.91. The molecule has 7 nitrogen and oxygen atoms in total. The highest BCUT2D eigenvalue weighted by Crippen LogP contribution is 2.20. The Balaban J connectivity index is 1.90. The normalized spacial score (nSPS) is 12.4. The SMILES string of the molecule is CCNC(=NCc1ccc(S(N)(=O)=O)s1)NCCc1ncc(CC)s1. The number of primary sulfonamides is 1. The van der Waals surface area contributed by atoms with Crippen molar-refractivity contribution in [3.05, 3.63) is 33.1 Å². The molecule has 0 aromatic carbocycles. The molecule has 0 amide bonds. The summed E-state index contributed by atoms with van der Waals surface area (Å²) >= 11 is 2.88. The fourth-order valence-electron chi connectivity index (χ4n) is 2.01. The lowest BCUT2D eigenvalue weighted by atomic mass is 10.4.